The predicted molar refractivity (Wildman–Crippen MR) is 137 cm³/mol. The van der Waals surface area contributed by atoms with Gasteiger partial charge in [-0.05, 0) is 53.3 Å². The standard InChI is InChI=1S/C26H23BrN2O4S/c1-2-6-23(30)25-24(18-7-4-3-5-8-18)22-15-19(27)11-14-21(22)26(31)29(25)16-17-9-12-20(13-10-17)34(28,32)33/h3-5,7-15H,2,6,16H2,1H3,(H2,28,32,33). The fraction of sp³-hybridized carbons (Fsp3) is 0.154. The highest BCUT2D eigenvalue weighted by Gasteiger charge is 2.23. The number of primary sulfonamides is 1. The topological polar surface area (TPSA) is 99.2 Å². The van der Waals surface area contributed by atoms with E-state index in [4.69, 9.17) is 5.14 Å². The first kappa shape index (κ1) is 24.1. The fourth-order valence-corrected chi connectivity index (χ4v) is 4.95. The molecule has 34 heavy (non-hydrogen) atoms. The SMILES string of the molecule is CCCC(=O)c1c(-c2ccccc2)c2cc(Br)ccc2c(=O)n1Cc1ccc(S(N)(=O)=O)cc1. The summed E-state index contributed by atoms with van der Waals surface area (Å²) >= 11 is 3.50. The van der Waals surface area contributed by atoms with Crippen LogP contribution in [0.3, 0.4) is 0 Å². The average molecular weight is 539 g/mol. The molecule has 3 aromatic carbocycles. The Morgan fingerprint density at radius 2 is 1.65 bits per heavy atom. The summed E-state index contributed by atoms with van der Waals surface area (Å²) in [7, 11) is -3.83. The molecule has 8 heteroatoms. The van der Waals surface area contributed by atoms with E-state index in [1.807, 2.05) is 43.3 Å². The molecule has 0 amide bonds. The smallest absolute Gasteiger partial charge is 0.259 e. The first-order valence-corrected chi connectivity index (χ1v) is 13.1. The summed E-state index contributed by atoms with van der Waals surface area (Å²) in [4.78, 5) is 27.1. The van der Waals surface area contributed by atoms with Crippen LogP contribution in [-0.4, -0.2) is 18.8 Å². The lowest BCUT2D eigenvalue weighted by Crippen LogP contribution is -2.28. The summed E-state index contributed by atoms with van der Waals surface area (Å²) in [6.45, 7) is 2.03. The molecule has 0 unspecified atom stereocenters. The van der Waals surface area contributed by atoms with Gasteiger partial charge in [-0.15, -0.1) is 0 Å². The van der Waals surface area contributed by atoms with Gasteiger partial charge in [0.1, 0.15) is 0 Å². The van der Waals surface area contributed by atoms with Crippen LogP contribution in [0.1, 0.15) is 35.8 Å². The van der Waals surface area contributed by atoms with Gasteiger partial charge < -0.3 is 0 Å². The van der Waals surface area contributed by atoms with Crippen LogP contribution in [0, 0.1) is 0 Å². The Balaban J connectivity index is 2.03. The minimum atomic E-state index is -3.83. The lowest BCUT2D eigenvalue weighted by molar-refractivity contribution is 0.0973. The first-order chi connectivity index (χ1) is 16.2. The maximum atomic E-state index is 13.7. The maximum absolute atomic E-state index is 13.7. The number of aromatic nitrogens is 1. The number of ketones is 1. The van der Waals surface area contributed by atoms with Crippen LogP contribution in [-0.2, 0) is 16.6 Å². The Hall–Kier alpha value is -3.07. The van der Waals surface area contributed by atoms with E-state index in [0.717, 1.165) is 10.0 Å². The van der Waals surface area contributed by atoms with Gasteiger partial charge in [0.15, 0.2) is 5.78 Å². The van der Waals surface area contributed by atoms with Crippen molar-refractivity contribution >= 4 is 42.5 Å². The van der Waals surface area contributed by atoms with Crippen molar-refractivity contribution in [2.75, 3.05) is 0 Å². The van der Waals surface area contributed by atoms with Crippen molar-refractivity contribution < 1.29 is 13.2 Å². The molecular formula is C26H23BrN2O4S. The number of hydrogen-bond acceptors (Lipinski definition) is 4. The monoisotopic (exact) mass is 538 g/mol. The molecule has 0 saturated carbocycles. The number of hydrogen-bond donors (Lipinski definition) is 1. The number of carbonyl (C=O) groups excluding carboxylic acids is 1. The molecule has 2 N–H and O–H groups in total. The Bertz CT molecular complexity index is 1540. The molecule has 0 aliphatic carbocycles. The van der Waals surface area contributed by atoms with E-state index in [1.54, 1.807) is 24.3 Å². The van der Waals surface area contributed by atoms with Crippen molar-refractivity contribution in [1.29, 1.82) is 0 Å². The van der Waals surface area contributed by atoms with E-state index in [9.17, 15) is 18.0 Å². The average Bonchev–Trinajstić information content (AvgIpc) is 2.81. The highest BCUT2D eigenvalue weighted by Crippen LogP contribution is 2.33. The normalized spacial score (nSPS) is 11.6. The summed E-state index contributed by atoms with van der Waals surface area (Å²) in [5, 5.41) is 6.40. The Labute approximate surface area is 206 Å². The van der Waals surface area contributed by atoms with Crippen molar-refractivity contribution in [2.24, 2.45) is 5.14 Å². The first-order valence-electron chi connectivity index (χ1n) is 10.8. The van der Waals surface area contributed by atoms with Crippen molar-refractivity contribution in [2.45, 2.75) is 31.2 Å². The number of fused-ring (bicyclic) bond motifs is 1. The lowest BCUT2D eigenvalue weighted by Gasteiger charge is -2.20. The van der Waals surface area contributed by atoms with Crippen LogP contribution in [0.25, 0.3) is 21.9 Å². The number of benzene rings is 3. The van der Waals surface area contributed by atoms with Gasteiger partial charge in [-0.3, -0.25) is 14.2 Å². The van der Waals surface area contributed by atoms with Crippen molar-refractivity contribution in [1.82, 2.24) is 4.57 Å². The van der Waals surface area contributed by atoms with Crippen molar-refractivity contribution in [3.05, 3.63) is 98.9 Å². The second kappa shape index (κ2) is 9.66. The number of sulfonamides is 1. The number of nitrogens with zero attached hydrogens (tertiary/aromatic N) is 1. The summed E-state index contributed by atoms with van der Waals surface area (Å²) in [5.74, 6) is -0.124. The van der Waals surface area contributed by atoms with E-state index in [2.05, 4.69) is 15.9 Å². The molecule has 0 aliphatic heterocycles. The molecular weight excluding hydrogens is 516 g/mol. The van der Waals surface area contributed by atoms with Crippen molar-refractivity contribution in [3.8, 4) is 11.1 Å². The minimum Gasteiger partial charge on any atom is -0.300 e. The molecule has 0 atom stereocenters. The van der Waals surface area contributed by atoms with Crippen LogP contribution < -0.4 is 10.7 Å². The number of rotatable bonds is 7. The van der Waals surface area contributed by atoms with Gasteiger partial charge in [0, 0.05) is 21.8 Å². The van der Waals surface area contributed by atoms with Gasteiger partial charge in [-0.25, -0.2) is 13.6 Å². The van der Waals surface area contributed by atoms with Gasteiger partial charge >= 0.3 is 0 Å². The molecule has 0 bridgehead atoms. The third kappa shape index (κ3) is 4.75. The van der Waals surface area contributed by atoms with E-state index in [0.29, 0.717) is 40.4 Å². The van der Waals surface area contributed by atoms with E-state index < -0.39 is 10.0 Å². The lowest BCUT2D eigenvalue weighted by atomic mass is 9.93. The summed E-state index contributed by atoms with van der Waals surface area (Å²) < 4.78 is 25.6. The Morgan fingerprint density at radius 3 is 2.26 bits per heavy atom. The molecule has 0 fully saturated rings. The fourth-order valence-electron chi connectivity index (χ4n) is 4.07. The molecule has 4 rings (SSSR count). The largest absolute Gasteiger partial charge is 0.300 e. The second-order valence-electron chi connectivity index (χ2n) is 8.03. The molecule has 0 saturated heterocycles. The van der Waals surface area contributed by atoms with E-state index in [1.165, 1.54) is 16.7 Å². The highest BCUT2D eigenvalue weighted by molar-refractivity contribution is 9.10. The molecule has 0 aliphatic rings. The van der Waals surface area contributed by atoms with Crippen LogP contribution in [0.5, 0.6) is 0 Å². The minimum absolute atomic E-state index is 0.0146. The zero-order valence-electron chi connectivity index (χ0n) is 18.5. The molecule has 6 nitrogen and oxygen atoms in total. The summed E-state index contributed by atoms with van der Waals surface area (Å²) in [5.41, 5.74) is 2.28. The highest BCUT2D eigenvalue weighted by atomic mass is 79.9. The van der Waals surface area contributed by atoms with Crippen molar-refractivity contribution in [3.63, 3.8) is 0 Å². The van der Waals surface area contributed by atoms with Gasteiger partial charge in [-0.1, -0.05) is 65.3 Å². The molecule has 1 heterocycles. The summed E-state index contributed by atoms with van der Waals surface area (Å²) in [6, 6.07) is 21.0. The van der Waals surface area contributed by atoms with Crippen LogP contribution in [0.2, 0.25) is 0 Å². The number of carbonyl (C=O) groups is 1. The van der Waals surface area contributed by atoms with Gasteiger partial charge in [-0.2, -0.15) is 0 Å². The van der Waals surface area contributed by atoms with Crippen LogP contribution >= 0.6 is 15.9 Å². The predicted octanol–water partition coefficient (Wildman–Crippen LogP) is 5.11. The zero-order chi connectivity index (χ0) is 24.5. The summed E-state index contributed by atoms with van der Waals surface area (Å²) in [6.07, 6.45) is 0.934. The Morgan fingerprint density at radius 1 is 0.971 bits per heavy atom. The van der Waals surface area contributed by atoms with E-state index >= 15 is 0 Å². The number of Topliss-reactive ketones (excluding diaryl/α,β-unsaturated/α-hetero) is 1. The van der Waals surface area contributed by atoms with E-state index in [-0.39, 0.29) is 22.8 Å². The van der Waals surface area contributed by atoms with Gasteiger partial charge in [0.2, 0.25) is 10.0 Å². The molecule has 4 aromatic rings. The quantitative estimate of drug-likeness (QED) is 0.330. The molecule has 0 spiro atoms. The number of halogens is 1. The molecule has 174 valence electrons. The zero-order valence-corrected chi connectivity index (χ0v) is 20.9. The second-order valence-corrected chi connectivity index (χ2v) is 10.5. The third-order valence-corrected chi connectivity index (χ3v) is 7.05. The van der Waals surface area contributed by atoms with Crippen LogP contribution in [0.15, 0.2) is 87.0 Å². The molecule has 1 aromatic heterocycles. The molecule has 0 radical (unpaired) electrons. The Kier molecular flexibility index (Phi) is 6.84. The number of pyridine rings is 1. The third-order valence-electron chi connectivity index (χ3n) is 5.63. The number of nitrogens with two attached hydrogens (primary N) is 1. The maximum Gasteiger partial charge on any atom is 0.259 e. The van der Waals surface area contributed by atoms with Crippen LogP contribution in [0.4, 0.5) is 0 Å². The van der Waals surface area contributed by atoms with Gasteiger partial charge in [0.25, 0.3) is 5.56 Å². The van der Waals surface area contributed by atoms with Gasteiger partial charge in [0.05, 0.1) is 17.1 Å².